The summed E-state index contributed by atoms with van der Waals surface area (Å²) in [5, 5.41) is 12.0. The molecule has 2 aromatic heterocycles. The van der Waals surface area contributed by atoms with Gasteiger partial charge in [-0.3, -0.25) is 4.79 Å². The molecule has 0 spiro atoms. The number of anilines is 1. The van der Waals surface area contributed by atoms with Gasteiger partial charge in [-0.2, -0.15) is 0 Å². The molecule has 37 heavy (non-hydrogen) atoms. The van der Waals surface area contributed by atoms with Crippen LogP contribution in [0.4, 0.5) is 10.1 Å². The molecule has 0 saturated heterocycles. The number of hydrogen-bond donors (Lipinski definition) is 1. The molecule has 1 N–H and O–H groups in total. The Kier molecular flexibility index (Phi) is 5.35. The van der Waals surface area contributed by atoms with E-state index in [1.54, 1.807) is 17.6 Å². The maximum atomic E-state index is 15.4. The first-order valence-electron chi connectivity index (χ1n) is 13.0. The van der Waals surface area contributed by atoms with Crippen molar-refractivity contribution in [3.05, 3.63) is 50.6 Å². The van der Waals surface area contributed by atoms with Gasteiger partial charge in [-0.25, -0.2) is 14.2 Å². The van der Waals surface area contributed by atoms with E-state index in [4.69, 9.17) is 14.5 Å². The highest BCUT2D eigenvalue weighted by Gasteiger charge is 2.45. The zero-order valence-corrected chi connectivity index (χ0v) is 21.5. The van der Waals surface area contributed by atoms with Gasteiger partial charge in [0.15, 0.2) is 17.2 Å². The summed E-state index contributed by atoms with van der Waals surface area (Å²) in [7, 11) is 0. The van der Waals surface area contributed by atoms with Crippen molar-refractivity contribution in [3.8, 4) is 17.1 Å². The summed E-state index contributed by atoms with van der Waals surface area (Å²) in [6, 6.07) is 3.28. The van der Waals surface area contributed by atoms with E-state index in [1.165, 1.54) is 6.07 Å². The van der Waals surface area contributed by atoms with E-state index in [0.717, 1.165) is 28.6 Å². The normalized spacial score (nSPS) is 20.6. The van der Waals surface area contributed by atoms with Crippen molar-refractivity contribution in [1.29, 1.82) is 0 Å². The fraction of sp³-hybridized carbons (Fsp3) is 0.464. The Morgan fingerprint density at radius 2 is 1.97 bits per heavy atom. The Morgan fingerprint density at radius 1 is 1.19 bits per heavy atom. The van der Waals surface area contributed by atoms with Crippen molar-refractivity contribution in [2.45, 2.75) is 71.8 Å². The first-order valence-corrected chi connectivity index (χ1v) is 13.0. The van der Waals surface area contributed by atoms with Crippen LogP contribution in [0.25, 0.3) is 22.3 Å². The summed E-state index contributed by atoms with van der Waals surface area (Å²) in [5.41, 5.74) is 2.55. The molecule has 9 heteroatoms. The van der Waals surface area contributed by atoms with E-state index < -0.39 is 17.4 Å². The first-order chi connectivity index (χ1) is 17.7. The maximum absolute atomic E-state index is 15.4. The molecule has 6 rings (SSSR count). The van der Waals surface area contributed by atoms with Gasteiger partial charge in [0.25, 0.3) is 5.56 Å². The SMILES string of the molecule is CCc1c2c(nc3cc(F)c4c(c13)N(C(C)CC)CCO4)-c1cc3c(c(=O)n1C2)COC(=O)[C@]3(O)CC. The molecular formula is C28H30FN3O5. The van der Waals surface area contributed by atoms with Crippen LogP contribution in [0.15, 0.2) is 16.9 Å². The third kappa shape index (κ3) is 3.13. The van der Waals surface area contributed by atoms with E-state index in [-0.39, 0.29) is 41.5 Å². The highest BCUT2D eigenvalue weighted by atomic mass is 19.1. The Labute approximate surface area is 213 Å². The van der Waals surface area contributed by atoms with Gasteiger partial charge in [0.1, 0.15) is 13.2 Å². The Balaban J connectivity index is 1.66. The van der Waals surface area contributed by atoms with Gasteiger partial charge in [0, 0.05) is 28.6 Å². The van der Waals surface area contributed by atoms with E-state index >= 15 is 4.39 Å². The van der Waals surface area contributed by atoms with Gasteiger partial charge in [0.05, 0.1) is 41.2 Å². The van der Waals surface area contributed by atoms with Gasteiger partial charge in [-0.05, 0) is 37.8 Å². The molecule has 194 valence electrons. The number of carbonyl (C=O) groups excluding carboxylic acids is 1. The summed E-state index contributed by atoms with van der Waals surface area (Å²) in [4.78, 5) is 33.2. The molecule has 8 nitrogen and oxygen atoms in total. The number of aryl methyl sites for hydroxylation is 1. The standard InChI is InChI=1S/C28H30FN3O5/c1-5-14(4)31-8-9-36-25-19(29)11-20-22(24(25)31)15(6-2)16-12-32-21(23(16)30-20)10-18-17(26(32)33)13-37-27(34)28(18,35)7-3/h10-11,14,35H,5-9,12-13H2,1-4H3/t14?,28-/m0/s1. The maximum Gasteiger partial charge on any atom is 0.343 e. The van der Waals surface area contributed by atoms with Crippen molar-refractivity contribution >= 4 is 22.6 Å². The molecule has 3 aromatic rings. The summed E-state index contributed by atoms with van der Waals surface area (Å²) >= 11 is 0. The lowest BCUT2D eigenvalue weighted by molar-refractivity contribution is -0.172. The quantitative estimate of drug-likeness (QED) is 0.420. The average Bonchev–Trinajstić information content (AvgIpc) is 3.27. The minimum Gasteiger partial charge on any atom is -0.486 e. The van der Waals surface area contributed by atoms with Crippen molar-refractivity contribution in [3.63, 3.8) is 0 Å². The number of halogens is 1. The largest absolute Gasteiger partial charge is 0.486 e. The molecule has 0 fully saturated rings. The molecule has 0 aliphatic carbocycles. The number of cyclic esters (lactones) is 1. The number of benzene rings is 1. The molecule has 0 amide bonds. The highest BCUT2D eigenvalue weighted by Crippen LogP contribution is 2.47. The number of pyridine rings is 2. The third-order valence-electron chi connectivity index (χ3n) is 8.32. The number of nitrogens with zero attached hydrogens (tertiary/aromatic N) is 3. The molecule has 1 aromatic carbocycles. The molecule has 2 atom stereocenters. The molecule has 0 radical (unpaired) electrons. The molecule has 3 aliphatic rings. The number of ether oxygens (including phenoxy) is 2. The van der Waals surface area contributed by atoms with Gasteiger partial charge in [-0.1, -0.05) is 20.8 Å². The number of aliphatic hydroxyl groups is 1. The number of carbonyl (C=O) groups is 1. The summed E-state index contributed by atoms with van der Waals surface area (Å²) < 4.78 is 28.0. The van der Waals surface area contributed by atoms with Crippen molar-refractivity contribution in [1.82, 2.24) is 9.55 Å². The first kappa shape index (κ1) is 23.9. The van der Waals surface area contributed by atoms with Crippen LogP contribution in [0.2, 0.25) is 0 Å². The van der Waals surface area contributed by atoms with Crippen LogP contribution >= 0.6 is 0 Å². The molecule has 0 bridgehead atoms. The number of aromatic nitrogens is 2. The van der Waals surface area contributed by atoms with E-state index in [0.29, 0.717) is 43.0 Å². The zero-order valence-electron chi connectivity index (χ0n) is 21.5. The van der Waals surface area contributed by atoms with E-state index in [2.05, 4.69) is 18.7 Å². The second-order valence-electron chi connectivity index (χ2n) is 10.1. The average molecular weight is 508 g/mol. The van der Waals surface area contributed by atoms with Crippen molar-refractivity contribution in [2.75, 3.05) is 18.1 Å². The van der Waals surface area contributed by atoms with Crippen LogP contribution < -0.4 is 15.2 Å². The topological polar surface area (TPSA) is 93.9 Å². The summed E-state index contributed by atoms with van der Waals surface area (Å²) in [6.07, 6.45) is 1.62. The predicted octanol–water partition coefficient (Wildman–Crippen LogP) is 3.78. The molecule has 5 heterocycles. The van der Waals surface area contributed by atoms with Crippen LogP contribution in [-0.4, -0.2) is 39.8 Å². The van der Waals surface area contributed by atoms with Gasteiger partial charge >= 0.3 is 5.97 Å². The minimum atomic E-state index is -1.89. The second kappa shape index (κ2) is 8.28. The van der Waals surface area contributed by atoms with Gasteiger partial charge in [-0.15, -0.1) is 0 Å². The molecule has 0 saturated carbocycles. The van der Waals surface area contributed by atoms with Crippen LogP contribution in [0.5, 0.6) is 5.75 Å². The van der Waals surface area contributed by atoms with Crippen LogP contribution in [0.3, 0.4) is 0 Å². The van der Waals surface area contributed by atoms with E-state index in [9.17, 15) is 14.7 Å². The molecule has 1 unspecified atom stereocenters. The number of esters is 1. The summed E-state index contributed by atoms with van der Waals surface area (Å²) in [6.45, 7) is 9.13. The van der Waals surface area contributed by atoms with Crippen LogP contribution in [-0.2, 0) is 34.7 Å². The lowest BCUT2D eigenvalue weighted by Gasteiger charge is -2.37. The molecular weight excluding hydrogens is 477 g/mol. The molecule has 3 aliphatic heterocycles. The van der Waals surface area contributed by atoms with Crippen LogP contribution in [0, 0.1) is 5.82 Å². The summed E-state index contributed by atoms with van der Waals surface area (Å²) in [5.74, 6) is -0.971. The highest BCUT2D eigenvalue weighted by molar-refractivity contribution is 6.01. The lowest BCUT2D eigenvalue weighted by atomic mass is 9.86. The van der Waals surface area contributed by atoms with Crippen molar-refractivity contribution < 1.29 is 23.8 Å². The Bertz CT molecular complexity index is 1550. The fourth-order valence-electron chi connectivity index (χ4n) is 6.09. The predicted molar refractivity (Wildman–Crippen MR) is 136 cm³/mol. The smallest absolute Gasteiger partial charge is 0.343 e. The zero-order chi connectivity index (χ0) is 26.2. The Morgan fingerprint density at radius 3 is 2.68 bits per heavy atom. The minimum absolute atomic E-state index is 0.0722. The van der Waals surface area contributed by atoms with Crippen LogP contribution in [0.1, 0.15) is 62.8 Å². The lowest BCUT2D eigenvalue weighted by Crippen LogP contribution is -2.44. The monoisotopic (exact) mass is 507 g/mol. The van der Waals surface area contributed by atoms with Gasteiger partial charge in [0.2, 0.25) is 0 Å². The number of rotatable bonds is 4. The fourth-order valence-corrected chi connectivity index (χ4v) is 6.09. The number of hydrogen-bond acceptors (Lipinski definition) is 7. The second-order valence-corrected chi connectivity index (χ2v) is 10.1. The Hall–Kier alpha value is -3.46. The van der Waals surface area contributed by atoms with E-state index in [1.807, 2.05) is 6.92 Å². The number of fused-ring (bicyclic) bond motifs is 7. The van der Waals surface area contributed by atoms with Gasteiger partial charge < -0.3 is 24.0 Å². The third-order valence-corrected chi connectivity index (χ3v) is 8.32. The van der Waals surface area contributed by atoms with Crippen molar-refractivity contribution in [2.24, 2.45) is 0 Å².